The number of ether oxygens (including phenoxy) is 1. The number of nitrogens with one attached hydrogen (secondary N) is 1. The van der Waals surface area contributed by atoms with E-state index < -0.39 is 30.2 Å². The fraction of sp³-hybridized carbons (Fsp3) is 0.375. The van der Waals surface area contributed by atoms with E-state index in [1.165, 1.54) is 25.0 Å². The standard InChI is InChI=1S/C16H17Cl2F2N3O2/c1-8(14(25-3)10-5-4-9(17)6-12(10)18)21-16(24)11-7-23(2)22-13(11)15(19)20/h4-8,14-15H,1-3H3,(H,21,24)/t8-,14-/m1/s1. The van der Waals surface area contributed by atoms with Gasteiger partial charge in [0.05, 0.1) is 11.6 Å². The first-order valence-corrected chi connectivity index (χ1v) is 8.10. The highest BCUT2D eigenvalue weighted by atomic mass is 35.5. The molecule has 25 heavy (non-hydrogen) atoms. The molecule has 9 heteroatoms. The van der Waals surface area contributed by atoms with Crippen molar-refractivity contribution in [3.63, 3.8) is 0 Å². The Morgan fingerprint density at radius 1 is 1.36 bits per heavy atom. The van der Waals surface area contributed by atoms with Crippen LogP contribution in [0.15, 0.2) is 24.4 Å². The van der Waals surface area contributed by atoms with E-state index >= 15 is 0 Å². The summed E-state index contributed by atoms with van der Waals surface area (Å²) in [7, 11) is 2.93. The zero-order valence-electron chi connectivity index (χ0n) is 13.8. The van der Waals surface area contributed by atoms with E-state index in [2.05, 4.69) is 10.4 Å². The smallest absolute Gasteiger partial charge is 0.282 e. The summed E-state index contributed by atoms with van der Waals surface area (Å²) in [6.07, 6.45) is -2.18. The zero-order valence-corrected chi connectivity index (χ0v) is 15.3. The number of carbonyl (C=O) groups is 1. The highest BCUT2D eigenvalue weighted by Gasteiger charge is 2.27. The topological polar surface area (TPSA) is 56.1 Å². The number of carbonyl (C=O) groups excluding carboxylic acids is 1. The largest absolute Gasteiger partial charge is 0.375 e. The van der Waals surface area contributed by atoms with Gasteiger partial charge in [-0.3, -0.25) is 9.48 Å². The number of amides is 1. The average molecular weight is 392 g/mol. The maximum Gasteiger partial charge on any atom is 0.282 e. The van der Waals surface area contributed by atoms with Crippen LogP contribution in [-0.4, -0.2) is 28.8 Å². The SMILES string of the molecule is CO[C@@H](c1ccc(Cl)cc1Cl)[C@@H](C)NC(=O)c1cn(C)nc1C(F)F. The van der Waals surface area contributed by atoms with Crippen LogP contribution >= 0.6 is 23.2 Å². The van der Waals surface area contributed by atoms with Gasteiger partial charge < -0.3 is 10.1 Å². The van der Waals surface area contributed by atoms with Gasteiger partial charge in [0, 0.05) is 36.0 Å². The van der Waals surface area contributed by atoms with Crippen molar-refractivity contribution >= 4 is 29.1 Å². The molecule has 0 bridgehead atoms. The van der Waals surface area contributed by atoms with Gasteiger partial charge in [-0.15, -0.1) is 0 Å². The van der Waals surface area contributed by atoms with E-state index in [0.717, 1.165) is 0 Å². The third-order valence-electron chi connectivity index (χ3n) is 3.64. The summed E-state index contributed by atoms with van der Waals surface area (Å²) in [5.74, 6) is -0.664. The zero-order chi connectivity index (χ0) is 18.7. The monoisotopic (exact) mass is 391 g/mol. The Morgan fingerprint density at radius 2 is 2.04 bits per heavy atom. The molecule has 2 rings (SSSR count). The predicted molar refractivity (Wildman–Crippen MR) is 91.3 cm³/mol. The molecule has 1 heterocycles. The second-order valence-electron chi connectivity index (χ2n) is 5.49. The normalized spacial score (nSPS) is 13.8. The molecule has 0 spiro atoms. The first kappa shape index (κ1) is 19.6. The van der Waals surface area contributed by atoms with Gasteiger partial charge >= 0.3 is 0 Å². The molecule has 1 aromatic heterocycles. The van der Waals surface area contributed by atoms with Gasteiger partial charge in [-0.2, -0.15) is 5.10 Å². The predicted octanol–water partition coefficient (Wildman–Crippen LogP) is 4.17. The Bertz CT molecular complexity index is 768. The summed E-state index contributed by atoms with van der Waals surface area (Å²) >= 11 is 12.1. The fourth-order valence-corrected chi connectivity index (χ4v) is 3.05. The van der Waals surface area contributed by atoms with Crippen molar-refractivity contribution in [2.24, 2.45) is 7.05 Å². The number of rotatable bonds is 6. The van der Waals surface area contributed by atoms with Crippen LogP contribution in [0.2, 0.25) is 10.0 Å². The summed E-state index contributed by atoms with van der Waals surface area (Å²) in [4.78, 5) is 12.4. The van der Waals surface area contributed by atoms with Crippen LogP contribution in [-0.2, 0) is 11.8 Å². The number of methoxy groups -OCH3 is 1. The lowest BCUT2D eigenvalue weighted by atomic mass is 10.0. The Hall–Kier alpha value is -1.70. The van der Waals surface area contributed by atoms with E-state index in [0.29, 0.717) is 15.6 Å². The fourth-order valence-electron chi connectivity index (χ4n) is 2.53. The molecule has 5 nitrogen and oxygen atoms in total. The molecule has 0 fully saturated rings. The summed E-state index contributed by atoms with van der Waals surface area (Å²) in [6, 6.07) is 4.37. The molecular formula is C16H17Cl2F2N3O2. The Morgan fingerprint density at radius 3 is 2.60 bits per heavy atom. The van der Waals surface area contributed by atoms with Crippen molar-refractivity contribution in [2.45, 2.75) is 25.5 Å². The van der Waals surface area contributed by atoms with E-state index in [1.54, 1.807) is 25.1 Å². The lowest BCUT2D eigenvalue weighted by Crippen LogP contribution is -2.38. The summed E-state index contributed by atoms with van der Waals surface area (Å²) in [5.41, 5.74) is -0.117. The van der Waals surface area contributed by atoms with E-state index in [9.17, 15) is 13.6 Å². The van der Waals surface area contributed by atoms with Crippen molar-refractivity contribution in [1.82, 2.24) is 15.1 Å². The van der Waals surface area contributed by atoms with Gasteiger partial charge in [0.25, 0.3) is 12.3 Å². The van der Waals surface area contributed by atoms with Crippen LogP contribution in [0.3, 0.4) is 0 Å². The highest BCUT2D eigenvalue weighted by molar-refractivity contribution is 6.35. The Balaban J connectivity index is 2.22. The second kappa shape index (κ2) is 8.12. The van der Waals surface area contributed by atoms with Crippen LogP contribution in [0.4, 0.5) is 8.78 Å². The van der Waals surface area contributed by atoms with Crippen molar-refractivity contribution in [2.75, 3.05) is 7.11 Å². The van der Waals surface area contributed by atoms with Crippen LogP contribution in [0.1, 0.15) is 41.1 Å². The van der Waals surface area contributed by atoms with Crippen LogP contribution < -0.4 is 5.32 Å². The number of nitrogens with zero attached hydrogens (tertiary/aromatic N) is 2. The molecule has 0 saturated heterocycles. The maximum atomic E-state index is 13.0. The molecule has 0 saturated carbocycles. The highest BCUT2D eigenvalue weighted by Crippen LogP contribution is 2.30. The Labute approximate surface area is 153 Å². The molecule has 1 aromatic carbocycles. The summed E-state index contributed by atoms with van der Waals surface area (Å²) in [6.45, 7) is 1.69. The van der Waals surface area contributed by atoms with Crippen LogP contribution in [0, 0.1) is 0 Å². The molecule has 0 radical (unpaired) electrons. The van der Waals surface area contributed by atoms with E-state index in [-0.39, 0.29) is 5.56 Å². The number of halogens is 4. The van der Waals surface area contributed by atoms with Crippen molar-refractivity contribution in [3.05, 3.63) is 51.3 Å². The van der Waals surface area contributed by atoms with Gasteiger partial charge in [-0.25, -0.2) is 8.78 Å². The van der Waals surface area contributed by atoms with Gasteiger partial charge in [0.1, 0.15) is 11.8 Å². The first-order valence-electron chi connectivity index (χ1n) is 7.34. The average Bonchev–Trinajstić information content (AvgIpc) is 2.92. The first-order chi connectivity index (χ1) is 11.7. The number of hydrogen-bond acceptors (Lipinski definition) is 3. The maximum absolute atomic E-state index is 13.0. The van der Waals surface area contributed by atoms with Gasteiger partial charge in [-0.1, -0.05) is 29.3 Å². The molecule has 0 aliphatic rings. The molecule has 0 aliphatic heterocycles. The third-order valence-corrected chi connectivity index (χ3v) is 4.21. The number of aromatic nitrogens is 2. The minimum Gasteiger partial charge on any atom is -0.375 e. The third kappa shape index (κ3) is 4.48. The van der Waals surface area contributed by atoms with Gasteiger partial charge in [-0.05, 0) is 19.1 Å². The molecule has 0 aliphatic carbocycles. The van der Waals surface area contributed by atoms with Crippen molar-refractivity contribution in [3.8, 4) is 0 Å². The molecule has 0 unspecified atom stereocenters. The van der Waals surface area contributed by atoms with Crippen LogP contribution in [0.5, 0.6) is 0 Å². The van der Waals surface area contributed by atoms with Crippen LogP contribution in [0.25, 0.3) is 0 Å². The quantitative estimate of drug-likeness (QED) is 0.803. The molecule has 1 amide bonds. The van der Waals surface area contributed by atoms with E-state index in [1.807, 2.05) is 0 Å². The number of aryl methyl sites for hydroxylation is 1. The molecular weight excluding hydrogens is 375 g/mol. The minimum absolute atomic E-state index is 0.179. The molecule has 1 N–H and O–H groups in total. The second-order valence-corrected chi connectivity index (χ2v) is 6.33. The number of hydrogen-bond donors (Lipinski definition) is 1. The van der Waals surface area contributed by atoms with Gasteiger partial charge in [0.2, 0.25) is 0 Å². The lowest BCUT2D eigenvalue weighted by Gasteiger charge is -2.25. The van der Waals surface area contributed by atoms with E-state index in [4.69, 9.17) is 27.9 Å². The number of alkyl halides is 2. The Kier molecular flexibility index (Phi) is 6.37. The number of benzene rings is 1. The van der Waals surface area contributed by atoms with Crippen molar-refractivity contribution < 1.29 is 18.3 Å². The van der Waals surface area contributed by atoms with Gasteiger partial charge in [0.15, 0.2) is 0 Å². The summed E-state index contributed by atoms with van der Waals surface area (Å²) in [5, 5.41) is 7.13. The molecule has 2 aromatic rings. The minimum atomic E-state index is -2.85. The molecule has 136 valence electrons. The lowest BCUT2D eigenvalue weighted by molar-refractivity contribution is 0.0641. The molecule has 2 atom stereocenters. The van der Waals surface area contributed by atoms with Crippen molar-refractivity contribution in [1.29, 1.82) is 0 Å². The summed E-state index contributed by atoms with van der Waals surface area (Å²) < 4.78 is 32.6.